The average molecular weight is 414 g/mol. The van der Waals surface area contributed by atoms with Crippen molar-refractivity contribution in [3.05, 3.63) is 48.0 Å². The normalized spacial score (nSPS) is 23.9. The maximum Gasteiger partial charge on any atom is 0.168 e. The molecule has 0 unspecified atom stereocenters. The first kappa shape index (κ1) is 20.6. The maximum absolute atomic E-state index is 10.5. The molecule has 1 aromatic carbocycles. The van der Waals surface area contributed by atoms with E-state index in [1.165, 1.54) is 19.0 Å². The zero-order valence-electron chi connectivity index (χ0n) is 16.7. The molecule has 1 aliphatic heterocycles. The number of benzene rings is 1. The number of nitrogens with two attached hydrogens (primary N) is 1. The maximum atomic E-state index is 10.5. The first-order chi connectivity index (χ1) is 14.6. The van der Waals surface area contributed by atoms with Crippen LogP contribution in [0.1, 0.15) is 17.6 Å². The summed E-state index contributed by atoms with van der Waals surface area (Å²) >= 11 is 0. The molecule has 4 atom stereocenters. The highest BCUT2D eigenvalue weighted by Crippen LogP contribution is 2.32. The van der Waals surface area contributed by atoms with Gasteiger partial charge in [-0.3, -0.25) is 4.57 Å². The fraction of sp³-hybridized carbons (Fsp3) is 0.450. The van der Waals surface area contributed by atoms with Crippen LogP contribution in [0.25, 0.3) is 11.2 Å². The number of aliphatic hydroxyl groups is 2. The van der Waals surface area contributed by atoms with E-state index in [4.69, 9.17) is 15.2 Å². The second kappa shape index (κ2) is 9.02. The summed E-state index contributed by atoms with van der Waals surface area (Å²) in [6, 6.07) is 10.1. The standard InChI is InChI=1S/C20H26N6O4/c1-29-10-13-16(27)17(28)20(30-13)26-11-23-15-18(24-14(9-21)25-19(15)26)22-8-7-12-5-3-2-4-6-12/h2-6,11,13,16-17,20,27-28H,7-10,21H2,1H3,(H,22,24,25)/t13-,16-,17-,20-/m1/s1. The highest BCUT2D eigenvalue weighted by molar-refractivity contribution is 5.83. The smallest absolute Gasteiger partial charge is 0.168 e. The molecule has 3 heterocycles. The summed E-state index contributed by atoms with van der Waals surface area (Å²) in [5.74, 6) is 1.00. The van der Waals surface area contributed by atoms with Crippen molar-refractivity contribution >= 4 is 17.0 Å². The van der Waals surface area contributed by atoms with Crippen LogP contribution < -0.4 is 11.1 Å². The van der Waals surface area contributed by atoms with Gasteiger partial charge in [-0.2, -0.15) is 0 Å². The average Bonchev–Trinajstić information content (AvgIpc) is 3.31. The fourth-order valence-electron chi connectivity index (χ4n) is 3.59. The van der Waals surface area contributed by atoms with Crippen molar-refractivity contribution in [2.45, 2.75) is 37.5 Å². The summed E-state index contributed by atoms with van der Waals surface area (Å²) in [4.78, 5) is 13.4. The predicted molar refractivity (Wildman–Crippen MR) is 110 cm³/mol. The van der Waals surface area contributed by atoms with Crippen LogP contribution in [0.3, 0.4) is 0 Å². The van der Waals surface area contributed by atoms with Crippen molar-refractivity contribution in [3.8, 4) is 0 Å². The quantitative estimate of drug-likeness (QED) is 0.407. The van der Waals surface area contributed by atoms with Gasteiger partial charge in [0.15, 0.2) is 23.2 Å². The molecule has 1 fully saturated rings. The number of fused-ring (bicyclic) bond motifs is 1. The lowest BCUT2D eigenvalue weighted by Gasteiger charge is -2.17. The number of methoxy groups -OCH3 is 1. The van der Waals surface area contributed by atoms with Crippen LogP contribution in [-0.2, 0) is 22.4 Å². The van der Waals surface area contributed by atoms with Gasteiger partial charge in [-0.1, -0.05) is 30.3 Å². The largest absolute Gasteiger partial charge is 0.387 e. The summed E-state index contributed by atoms with van der Waals surface area (Å²) in [6.45, 7) is 0.971. The minimum atomic E-state index is -1.15. The number of ether oxygens (including phenoxy) is 2. The monoisotopic (exact) mass is 414 g/mol. The van der Waals surface area contributed by atoms with E-state index in [0.29, 0.717) is 29.4 Å². The Morgan fingerprint density at radius 3 is 2.73 bits per heavy atom. The van der Waals surface area contributed by atoms with Crippen LogP contribution in [0.2, 0.25) is 0 Å². The Bertz CT molecular complexity index is 982. The molecule has 0 bridgehead atoms. The Hall–Kier alpha value is -2.63. The van der Waals surface area contributed by atoms with Crippen LogP contribution in [0.4, 0.5) is 5.82 Å². The third-order valence-electron chi connectivity index (χ3n) is 5.14. The van der Waals surface area contributed by atoms with Crippen LogP contribution in [-0.4, -0.2) is 68.3 Å². The lowest BCUT2D eigenvalue weighted by molar-refractivity contribution is -0.0580. The second-order valence-corrected chi connectivity index (χ2v) is 7.18. The Morgan fingerprint density at radius 2 is 2.00 bits per heavy atom. The van der Waals surface area contributed by atoms with E-state index >= 15 is 0 Å². The lowest BCUT2D eigenvalue weighted by atomic mass is 10.1. The molecule has 0 saturated carbocycles. The molecule has 1 aliphatic rings. The molecule has 0 radical (unpaired) electrons. The van der Waals surface area contributed by atoms with Crippen molar-refractivity contribution < 1.29 is 19.7 Å². The molecule has 0 amide bonds. The van der Waals surface area contributed by atoms with E-state index in [1.54, 1.807) is 4.57 Å². The van der Waals surface area contributed by atoms with Gasteiger partial charge in [0.2, 0.25) is 0 Å². The molecule has 3 aromatic rings. The van der Waals surface area contributed by atoms with Crippen molar-refractivity contribution in [1.29, 1.82) is 0 Å². The van der Waals surface area contributed by atoms with Gasteiger partial charge in [-0.15, -0.1) is 0 Å². The number of anilines is 1. The third-order valence-corrected chi connectivity index (χ3v) is 5.14. The number of nitrogens with one attached hydrogen (secondary N) is 1. The molecular weight excluding hydrogens is 388 g/mol. The number of imidazole rings is 1. The first-order valence-corrected chi connectivity index (χ1v) is 9.84. The van der Waals surface area contributed by atoms with Crippen LogP contribution in [0, 0.1) is 0 Å². The van der Waals surface area contributed by atoms with E-state index in [2.05, 4.69) is 32.4 Å². The number of hydrogen-bond donors (Lipinski definition) is 4. The van der Waals surface area contributed by atoms with Gasteiger partial charge >= 0.3 is 0 Å². The van der Waals surface area contributed by atoms with Gasteiger partial charge < -0.3 is 30.7 Å². The van der Waals surface area contributed by atoms with Gasteiger partial charge in [0, 0.05) is 13.7 Å². The highest BCUT2D eigenvalue weighted by Gasteiger charge is 2.44. The van der Waals surface area contributed by atoms with Gasteiger partial charge in [0.1, 0.15) is 24.1 Å². The van der Waals surface area contributed by atoms with E-state index in [0.717, 1.165) is 6.42 Å². The predicted octanol–water partition coefficient (Wildman–Crippen LogP) is 0.205. The van der Waals surface area contributed by atoms with Crippen molar-refractivity contribution in [1.82, 2.24) is 19.5 Å². The minimum absolute atomic E-state index is 0.150. The number of rotatable bonds is 8. The first-order valence-electron chi connectivity index (χ1n) is 9.84. The van der Waals surface area contributed by atoms with Crippen molar-refractivity contribution in [2.75, 3.05) is 25.6 Å². The van der Waals surface area contributed by atoms with E-state index < -0.39 is 24.5 Å². The molecule has 10 heteroatoms. The number of nitrogens with zero attached hydrogens (tertiary/aromatic N) is 4. The number of hydrogen-bond acceptors (Lipinski definition) is 9. The summed E-state index contributed by atoms with van der Waals surface area (Å²) in [5, 5.41) is 24.1. The molecule has 1 saturated heterocycles. The van der Waals surface area contributed by atoms with E-state index in [9.17, 15) is 10.2 Å². The van der Waals surface area contributed by atoms with Crippen LogP contribution in [0.15, 0.2) is 36.7 Å². The Kier molecular flexibility index (Phi) is 6.21. The summed E-state index contributed by atoms with van der Waals surface area (Å²) in [7, 11) is 1.51. The SMILES string of the molecule is COC[C@H]1O[C@@H](n2cnc3c(NCCc4ccccc4)nc(CN)nc32)[C@H](O)[C@@H]1O. The lowest BCUT2D eigenvalue weighted by Crippen LogP contribution is -2.33. The fourth-order valence-corrected chi connectivity index (χ4v) is 3.59. The zero-order valence-corrected chi connectivity index (χ0v) is 16.7. The Morgan fingerprint density at radius 1 is 1.20 bits per heavy atom. The second-order valence-electron chi connectivity index (χ2n) is 7.18. The molecule has 2 aromatic heterocycles. The summed E-state index contributed by atoms with van der Waals surface area (Å²) in [5.41, 5.74) is 8.02. The molecule has 10 nitrogen and oxygen atoms in total. The molecule has 0 aliphatic carbocycles. The van der Waals surface area contributed by atoms with E-state index in [1.807, 2.05) is 18.2 Å². The number of aromatic nitrogens is 4. The van der Waals surface area contributed by atoms with Crippen molar-refractivity contribution in [3.63, 3.8) is 0 Å². The molecule has 160 valence electrons. The van der Waals surface area contributed by atoms with Gasteiger partial charge in [0.05, 0.1) is 19.5 Å². The summed E-state index contributed by atoms with van der Waals surface area (Å²) in [6.07, 6.45) is -1.37. The molecule has 4 rings (SSSR count). The number of aliphatic hydroxyl groups excluding tert-OH is 2. The highest BCUT2D eigenvalue weighted by atomic mass is 16.6. The molecular formula is C20H26N6O4. The Balaban J connectivity index is 1.60. The third kappa shape index (κ3) is 4.00. The topological polar surface area (TPSA) is 141 Å². The van der Waals surface area contributed by atoms with Crippen molar-refractivity contribution in [2.24, 2.45) is 5.73 Å². The van der Waals surface area contributed by atoms with E-state index in [-0.39, 0.29) is 13.2 Å². The van der Waals surface area contributed by atoms with Crippen LogP contribution in [0.5, 0.6) is 0 Å². The minimum Gasteiger partial charge on any atom is -0.387 e. The van der Waals surface area contributed by atoms with Gasteiger partial charge in [-0.25, -0.2) is 15.0 Å². The van der Waals surface area contributed by atoms with Gasteiger partial charge in [-0.05, 0) is 12.0 Å². The molecule has 0 spiro atoms. The van der Waals surface area contributed by atoms with Gasteiger partial charge in [0.25, 0.3) is 0 Å². The van der Waals surface area contributed by atoms with Crippen LogP contribution >= 0.6 is 0 Å². The summed E-state index contributed by atoms with van der Waals surface area (Å²) < 4.78 is 12.5. The Labute approximate surface area is 173 Å². The molecule has 30 heavy (non-hydrogen) atoms. The zero-order chi connectivity index (χ0) is 21.1. The molecule has 5 N–H and O–H groups in total.